The van der Waals surface area contributed by atoms with Crippen molar-refractivity contribution in [2.24, 2.45) is 0 Å². The Labute approximate surface area is 143 Å². The van der Waals surface area contributed by atoms with Crippen molar-refractivity contribution in [3.63, 3.8) is 0 Å². The fourth-order valence-corrected chi connectivity index (χ4v) is 2.14. The predicted octanol–water partition coefficient (Wildman–Crippen LogP) is 3.93. The molecule has 0 N–H and O–H groups in total. The van der Waals surface area contributed by atoms with Crippen LogP contribution in [0.4, 0.5) is 4.39 Å². The highest BCUT2D eigenvalue weighted by Gasteiger charge is 2.11. The smallest absolute Gasteiger partial charge is 0.331 e. The summed E-state index contributed by atoms with van der Waals surface area (Å²) in [7, 11) is 1.36. The van der Waals surface area contributed by atoms with Gasteiger partial charge in [-0.1, -0.05) is 29.8 Å². The third-order valence-corrected chi connectivity index (χ3v) is 3.44. The van der Waals surface area contributed by atoms with E-state index in [1.165, 1.54) is 25.3 Å². The third-order valence-electron chi connectivity index (χ3n) is 3.11. The SMILES string of the molecule is COc1ccc(/C=C/C(=O)OCC(=O)c2ccccc2Cl)cc1F. The Morgan fingerprint density at radius 1 is 1.21 bits per heavy atom. The van der Waals surface area contributed by atoms with Crippen molar-refractivity contribution in [1.29, 1.82) is 0 Å². The minimum Gasteiger partial charge on any atom is -0.494 e. The maximum Gasteiger partial charge on any atom is 0.331 e. The van der Waals surface area contributed by atoms with Crippen LogP contribution in [0.3, 0.4) is 0 Å². The molecule has 4 nitrogen and oxygen atoms in total. The number of esters is 1. The topological polar surface area (TPSA) is 52.6 Å². The Hall–Kier alpha value is -2.66. The van der Waals surface area contributed by atoms with Gasteiger partial charge in [-0.15, -0.1) is 0 Å². The van der Waals surface area contributed by atoms with Crippen LogP contribution in [0.15, 0.2) is 48.5 Å². The molecule has 0 unspecified atom stereocenters. The average Bonchev–Trinajstić information content (AvgIpc) is 2.58. The summed E-state index contributed by atoms with van der Waals surface area (Å²) in [6.45, 7) is -0.427. The lowest BCUT2D eigenvalue weighted by molar-refractivity contribution is -0.136. The number of benzene rings is 2. The summed E-state index contributed by atoms with van der Waals surface area (Å²) in [6, 6.07) is 10.7. The van der Waals surface area contributed by atoms with E-state index in [0.717, 1.165) is 6.08 Å². The fraction of sp³-hybridized carbons (Fsp3) is 0.111. The van der Waals surface area contributed by atoms with Crippen LogP contribution in [0.2, 0.25) is 5.02 Å². The number of rotatable bonds is 6. The molecule has 0 aliphatic rings. The Morgan fingerprint density at radius 3 is 2.62 bits per heavy atom. The largest absolute Gasteiger partial charge is 0.494 e. The fourth-order valence-electron chi connectivity index (χ4n) is 1.90. The molecule has 0 aromatic heterocycles. The number of hydrogen-bond donors (Lipinski definition) is 0. The molecule has 2 aromatic carbocycles. The average molecular weight is 349 g/mol. The molecule has 0 spiro atoms. The molecule has 2 rings (SSSR count). The van der Waals surface area contributed by atoms with Gasteiger partial charge in [0.25, 0.3) is 0 Å². The van der Waals surface area contributed by atoms with Crippen molar-refractivity contribution >= 4 is 29.4 Å². The molecule has 0 fully saturated rings. The first-order valence-electron chi connectivity index (χ1n) is 6.97. The van der Waals surface area contributed by atoms with Crippen LogP contribution in [-0.2, 0) is 9.53 Å². The lowest BCUT2D eigenvalue weighted by atomic mass is 10.1. The van der Waals surface area contributed by atoms with Crippen LogP contribution in [-0.4, -0.2) is 25.5 Å². The Bertz CT molecular complexity index is 786. The van der Waals surface area contributed by atoms with Gasteiger partial charge in [0, 0.05) is 11.6 Å². The number of methoxy groups -OCH3 is 1. The normalized spacial score (nSPS) is 10.6. The van der Waals surface area contributed by atoms with E-state index in [1.807, 2.05) is 0 Å². The van der Waals surface area contributed by atoms with Gasteiger partial charge in [0.1, 0.15) is 0 Å². The molecule has 0 saturated carbocycles. The Morgan fingerprint density at radius 2 is 1.96 bits per heavy atom. The molecular weight excluding hydrogens is 335 g/mol. The first kappa shape index (κ1) is 17.7. The lowest BCUT2D eigenvalue weighted by Crippen LogP contribution is -2.12. The van der Waals surface area contributed by atoms with Crippen molar-refractivity contribution in [1.82, 2.24) is 0 Å². The zero-order chi connectivity index (χ0) is 17.5. The summed E-state index contributed by atoms with van der Waals surface area (Å²) in [5.41, 5.74) is 0.746. The van der Waals surface area contributed by atoms with Gasteiger partial charge in [-0.2, -0.15) is 0 Å². The molecule has 0 radical (unpaired) electrons. The molecule has 0 heterocycles. The van der Waals surface area contributed by atoms with Crippen LogP contribution in [0.1, 0.15) is 15.9 Å². The second-order valence-corrected chi connectivity index (χ2v) is 5.15. The molecule has 124 valence electrons. The zero-order valence-electron chi connectivity index (χ0n) is 12.8. The van der Waals surface area contributed by atoms with E-state index in [0.29, 0.717) is 10.6 Å². The summed E-state index contributed by atoms with van der Waals surface area (Å²) in [4.78, 5) is 23.5. The second-order valence-electron chi connectivity index (χ2n) is 4.74. The standard InChI is InChI=1S/C18H14ClFO4/c1-23-17-8-6-12(10-15(17)20)7-9-18(22)24-11-16(21)13-4-2-3-5-14(13)19/h2-10H,11H2,1H3/b9-7+. The van der Waals surface area contributed by atoms with Crippen molar-refractivity contribution < 1.29 is 23.5 Å². The van der Waals surface area contributed by atoms with Gasteiger partial charge in [0.15, 0.2) is 18.2 Å². The Kier molecular flexibility index (Phi) is 6.09. The molecule has 24 heavy (non-hydrogen) atoms. The van der Waals surface area contributed by atoms with Gasteiger partial charge >= 0.3 is 5.97 Å². The number of carbonyl (C=O) groups is 2. The lowest BCUT2D eigenvalue weighted by Gasteiger charge is -2.04. The maximum absolute atomic E-state index is 13.5. The minimum atomic E-state index is -0.716. The summed E-state index contributed by atoms with van der Waals surface area (Å²) in [5, 5.41) is 0.294. The highest BCUT2D eigenvalue weighted by Crippen LogP contribution is 2.18. The molecule has 0 aliphatic heterocycles. The van der Waals surface area contributed by atoms with E-state index in [-0.39, 0.29) is 11.3 Å². The van der Waals surface area contributed by atoms with E-state index < -0.39 is 24.2 Å². The van der Waals surface area contributed by atoms with Crippen LogP contribution in [0.5, 0.6) is 5.75 Å². The summed E-state index contributed by atoms with van der Waals surface area (Å²) in [6.07, 6.45) is 2.49. The van der Waals surface area contributed by atoms with Crippen molar-refractivity contribution in [3.8, 4) is 5.75 Å². The van der Waals surface area contributed by atoms with Crippen molar-refractivity contribution in [2.45, 2.75) is 0 Å². The first-order chi connectivity index (χ1) is 11.5. The number of Topliss-reactive ketones (excluding diaryl/α,β-unsaturated/α-hetero) is 1. The highest BCUT2D eigenvalue weighted by molar-refractivity contribution is 6.34. The molecule has 0 bridgehead atoms. The van der Waals surface area contributed by atoms with E-state index >= 15 is 0 Å². The van der Waals surface area contributed by atoms with E-state index in [2.05, 4.69) is 0 Å². The van der Waals surface area contributed by atoms with Crippen molar-refractivity contribution in [2.75, 3.05) is 13.7 Å². The number of ketones is 1. The van der Waals surface area contributed by atoms with Gasteiger partial charge < -0.3 is 9.47 Å². The predicted molar refractivity (Wildman–Crippen MR) is 88.7 cm³/mol. The van der Waals surface area contributed by atoms with Crippen LogP contribution in [0, 0.1) is 5.82 Å². The monoisotopic (exact) mass is 348 g/mol. The number of halogens is 2. The van der Waals surface area contributed by atoms with Gasteiger partial charge in [0.05, 0.1) is 12.1 Å². The van der Waals surface area contributed by atoms with Crippen molar-refractivity contribution in [3.05, 3.63) is 70.5 Å². The van der Waals surface area contributed by atoms with Gasteiger partial charge in [-0.25, -0.2) is 9.18 Å². The minimum absolute atomic E-state index is 0.111. The van der Waals surface area contributed by atoms with Crippen LogP contribution >= 0.6 is 11.6 Å². The zero-order valence-corrected chi connectivity index (χ0v) is 13.5. The third kappa shape index (κ3) is 4.67. The quantitative estimate of drug-likeness (QED) is 0.451. The molecule has 6 heteroatoms. The maximum atomic E-state index is 13.5. The number of carbonyl (C=O) groups excluding carboxylic acids is 2. The van der Waals surface area contributed by atoms with Gasteiger partial charge in [-0.05, 0) is 35.9 Å². The molecule has 0 amide bonds. The van der Waals surface area contributed by atoms with E-state index in [1.54, 1.807) is 30.3 Å². The molecule has 0 saturated heterocycles. The molecule has 2 aromatic rings. The number of hydrogen-bond acceptors (Lipinski definition) is 4. The molecular formula is C18H14ClFO4. The summed E-state index contributed by atoms with van der Waals surface area (Å²) < 4.78 is 23.2. The molecule has 0 atom stereocenters. The van der Waals surface area contributed by atoms with Gasteiger partial charge in [0.2, 0.25) is 5.78 Å². The van der Waals surface area contributed by atoms with Gasteiger partial charge in [-0.3, -0.25) is 4.79 Å². The second kappa shape index (κ2) is 8.26. The van der Waals surface area contributed by atoms with Crippen LogP contribution < -0.4 is 4.74 Å². The van der Waals surface area contributed by atoms with E-state index in [9.17, 15) is 14.0 Å². The Balaban J connectivity index is 1.92. The summed E-state index contributed by atoms with van der Waals surface area (Å²) in [5.74, 6) is -1.55. The first-order valence-corrected chi connectivity index (χ1v) is 7.35. The summed E-state index contributed by atoms with van der Waals surface area (Å²) >= 11 is 5.89. The number of ether oxygens (including phenoxy) is 2. The van der Waals surface area contributed by atoms with E-state index in [4.69, 9.17) is 21.1 Å². The molecule has 0 aliphatic carbocycles. The van der Waals surface area contributed by atoms with Crippen LogP contribution in [0.25, 0.3) is 6.08 Å². The highest BCUT2D eigenvalue weighted by atomic mass is 35.5.